The molecule has 2 aromatic rings. The molecule has 0 fully saturated rings. The van der Waals surface area contributed by atoms with Crippen LogP contribution in [0.3, 0.4) is 0 Å². The van der Waals surface area contributed by atoms with Crippen LogP contribution in [0.25, 0.3) is 11.1 Å². The molecule has 0 aromatic heterocycles. The minimum Gasteiger partial charge on any atom is -0.378 e. The summed E-state index contributed by atoms with van der Waals surface area (Å²) in [4.78, 5) is 11.0. The summed E-state index contributed by atoms with van der Waals surface area (Å²) in [5.41, 5.74) is 6.88. The van der Waals surface area contributed by atoms with Crippen molar-refractivity contribution in [2.45, 2.75) is 6.10 Å². The molecule has 3 nitrogen and oxygen atoms in total. The van der Waals surface area contributed by atoms with Crippen LogP contribution in [0, 0.1) is 5.82 Å². The van der Waals surface area contributed by atoms with Gasteiger partial charge in [-0.05, 0) is 28.8 Å². The number of nitrogens with two attached hydrogens (primary N) is 1. The van der Waals surface area contributed by atoms with Crippen LogP contribution in [0.2, 0.25) is 0 Å². The molecule has 0 aliphatic heterocycles. The molecule has 0 bridgehead atoms. The largest absolute Gasteiger partial charge is 0.378 e. The van der Waals surface area contributed by atoms with E-state index in [0.29, 0.717) is 16.7 Å². The number of amides is 1. The Balaban J connectivity index is 2.51. The van der Waals surface area contributed by atoms with Crippen LogP contribution in [-0.4, -0.2) is 11.0 Å². The van der Waals surface area contributed by atoms with Crippen molar-refractivity contribution in [1.82, 2.24) is 0 Å². The van der Waals surface area contributed by atoms with Crippen molar-refractivity contribution in [2.75, 3.05) is 0 Å². The van der Waals surface area contributed by atoms with Crippen LogP contribution in [0.1, 0.15) is 11.7 Å². The number of aliphatic hydroxyl groups excluding tert-OH is 1. The summed E-state index contributed by atoms with van der Waals surface area (Å²) in [6.07, 6.45) is -1.37. The average Bonchev–Trinajstić information content (AvgIpc) is 2.39. The Hall–Kier alpha value is -2.20. The number of halogens is 1. The molecule has 0 saturated heterocycles. The van der Waals surface area contributed by atoms with Gasteiger partial charge in [0.25, 0.3) is 5.91 Å². The second-order valence-corrected chi connectivity index (χ2v) is 3.90. The van der Waals surface area contributed by atoms with E-state index < -0.39 is 12.0 Å². The summed E-state index contributed by atoms with van der Waals surface area (Å²) < 4.78 is 12.9. The van der Waals surface area contributed by atoms with Crippen molar-refractivity contribution < 1.29 is 14.3 Å². The number of hydrogen-bond donors (Lipinski definition) is 2. The van der Waals surface area contributed by atoms with Crippen LogP contribution in [-0.2, 0) is 4.79 Å². The van der Waals surface area contributed by atoms with Gasteiger partial charge >= 0.3 is 0 Å². The van der Waals surface area contributed by atoms with Gasteiger partial charge in [0.2, 0.25) is 0 Å². The minimum absolute atomic E-state index is 0.341. The molecular weight excluding hydrogens is 233 g/mol. The lowest BCUT2D eigenvalue weighted by atomic mass is 9.96. The van der Waals surface area contributed by atoms with Crippen molar-refractivity contribution in [2.24, 2.45) is 5.73 Å². The monoisotopic (exact) mass is 245 g/mol. The number of aliphatic hydroxyl groups is 1. The zero-order valence-electron chi connectivity index (χ0n) is 9.51. The molecule has 18 heavy (non-hydrogen) atoms. The van der Waals surface area contributed by atoms with Crippen molar-refractivity contribution in [3.63, 3.8) is 0 Å². The van der Waals surface area contributed by atoms with Crippen LogP contribution >= 0.6 is 0 Å². The fourth-order valence-electron chi connectivity index (χ4n) is 1.78. The lowest BCUT2D eigenvalue weighted by molar-refractivity contribution is -0.126. The molecule has 1 amide bonds. The summed E-state index contributed by atoms with van der Waals surface area (Å²) in [7, 11) is 0. The van der Waals surface area contributed by atoms with Crippen molar-refractivity contribution in [3.05, 3.63) is 59.9 Å². The molecule has 0 aliphatic rings. The third-order valence-electron chi connectivity index (χ3n) is 2.68. The quantitative estimate of drug-likeness (QED) is 0.868. The third-order valence-corrected chi connectivity index (χ3v) is 2.68. The molecule has 0 heterocycles. The Labute approximate surface area is 104 Å². The number of benzene rings is 2. The predicted molar refractivity (Wildman–Crippen MR) is 66.0 cm³/mol. The lowest BCUT2D eigenvalue weighted by Gasteiger charge is -2.13. The first-order chi connectivity index (χ1) is 8.59. The first-order valence-electron chi connectivity index (χ1n) is 5.42. The minimum atomic E-state index is -1.37. The Morgan fingerprint density at radius 2 is 1.72 bits per heavy atom. The van der Waals surface area contributed by atoms with E-state index in [4.69, 9.17) is 5.73 Å². The van der Waals surface area contributed by atoms with Crippen molar-refractivity contribution >= 4 is 5.91 Å². The van der Waals surface area contributed by atoms with E-state index in [0.717, 1.165) is 0 Å². The van der Waals surface area contributed by atoms with Gasteiger partial charge in [0, 0.05) is 0 Å². The molecule has 0 saturated carbocycles. The van der Waals surface area contributed by atoms with E-state index in [1.54, 1.807) is 36.4 Å². The molecular formula is C14H12FNO2. The standard InChI is InChI=1S/C14H12FNO2/c15-10-7-5-9(6-8-10)11-3-1-2-4-12(11)13(17)14(16)18/h1-8,13,17H,(H2,16,18). The van der Waals surface area contributed by atoms with E-state index in [1.807, 2.05) is 0 Å². The maximum atomic E-state index is 12.9. The highest BCUT2D eigenvalue weighted by molar-refractivity contribution is 5.83. The van der Waals surface area contributed by atoms with Crippen molar-refractivity contribution in [3.8, 4) is 11.1 Å². The fraction of sp³-hybridized carbons (Fsp3) is 0.0714. The molecule has 0 aliphatic carbocycles. The second-order valence-electron chi connectivity index (χ2n) is 3.90. The van der Waals surface area contributed by atoms with E-state index >= 15 is 0 Å². The zero-order chi connectivity index (χ0) is 13.1. The third kappa shape index (κ3) is 2.38. The van der Waals surface area contributed by atoms with Gasteiger partial charge in [0.05, 0.1) is 0 Å². The molecule has 0 radical (unpaired) electrons. The van der Waals surface area contributed by atoms with Gasteiger partial charge in [-0.25, -0.2) is 4.39 Å². The lowest BCUT2D eigenvalue weighted by Crippen LogP contribution is -2.21. The summed E-state index contributed by atoms with van der Waals surface area (Å²) >= 11 is 0. The number of primary amides is 1. The molecule has 1 atom stereocenters. The molecule has 4 heteroatoms. The zero-order valence-corrected chi connectivity index (χ0v) is 9.51. The number of carbonyl (C=O) groups excluding carboxylic acids is 1. The van der Waals surface area contributed by atoms with Gasteiger partial charge in [0.1, 0.15) is 5.82 Å². The molecule has 2 rings (SSSR count). The van der Waals surface area contributed by atoms with Crippen LogP contribution < -0.4 is 5.73 Å². The molecule has 2 aromatic carbocycles. The molecule has 0 spiro atoms. The summed E-state index contributed by atoms with van der Waals surface area (Å²) in [6, 6.07) is 12.7. The maximum absolute atomic E-state index is 12.9. The van der Waals surface area contributed by atoms with E-state index in [2.05, 4.69) is 0 Å². The van der Waals surface area contributed by atoms with E-state index in [9.17, 15) is 14.3 Å². The Bertz CT molecular complexity index is 566. The highest BCUT2D eigenvalue weighted by Crippen LogP contribution is 2.28. The normalized spacial score (nSPS) is 12.1. The number of carbonyl (C=O) groups is 1. The fourth-order valence-corrected chi connectivity index (χ4v) is 1.78. The van der Waals surface area contributed by atoms with Crippen LogP contribution in [0.4, 0.5) is 4.39 Å². The van der Waals surface area contributed by atoms with Gasteiger partial charge in [-0.3, -0.25) is 4.79 Å². The smallest absolute Gasteiger partial charge is 0.250 e. The molecule has 3 N–H and O–H groups in total. The maximum Gasteiger partial charge on any atom is 0.250 e. The second kappa shape index (κ2) is 4.98. The van der Waals surface area contributed by atoms with Gasteiger partial charge in [-0.2, -0.15) is 0 Å². The Morgan fingerprint density at radius 3 is 2.33 bits per heavy atom. The summed E-state index contributed by atoms with van der Waals surface area (Å²) in [5, 5.41) is 9.75. The van der Waals surface area contributed by atoms with Crippen LogP contribution in [0.15, 0.2) is 48.5 Å². The summed E-state index contributed by atoms with van der Waals surface area (Å²) in [6.45, 7) is 0. The molecule has 1 unspecified atom stereocenters. The highest BCUT2D eigenvalue weighted by atomic mass is 19.1. The topological polar surface area (TPSA) is 63.3 Å². The Morgan fingerprint density at radius 1 is 1.11 bits per heavy atom. The SMILES string of the molecule is NC(=O)C(O)c1ccccc1-c1ccc(F)cc1. The Kier molecular flexibility index (Phi) is 3.39. The first kappa shape index (κ1) is 12.3. The first-order valence-corrected chi connectivity index (χ1v) is 5.42. The van der Waals surface area contributed by atoms with Gasteiger partial charge in [0.15, 0.2) is 6.10 Å². The van der Waals surface area contributed by atoms with Gasteiger partial charge in [-0.15, -0.1) is 0 Å². The van der Waals surface area contributed by atoms with E-state index in [-0.39, 0.29) is 5.82 Å². The summed E-state index contributed by atoms with van der Waals surface area (Å²) in [5.74, 6) is -1.16. The van der Waals surface area contributed by atoms with Gasteiger partial charge < -0.3 is 10.8 Å². The highest BCUT2D eigenvalue weighted by Gasteiger charge is 2.17. The number of hydrogen-bond acceptors (Lipinski definition) is 2. The van der Waals surface area contributed by atoms with E-state index in [1.165, 1.54) is 12.1 Å². The van der Waals surface area contributed by atoms with Crippen molar-refractivity contribution in [1.29, 1.82) is 0 Å². The van der Waals surface area contributed by atoms with Gasteiger partial charge in [-0.1, -0.05) is 36.4 Å². The molecule has 92 valence electrons. The average molecular weight is 245 g/mol. The van der Waals surface area contributed by atoms with Crippen LogP contribution in [0.5, 0.6) is 0 Å². The predicted octanol–water partition coefficient (Wildman–Crippen LogP) is 2.01. The number of rotatable bonds is 3.